The number of rotatable bonds is 37. The highest BCUT2D eigenvalue weighted by molar-refractivity contribution is 8.00. The molecule has 0 radical (unpaired) electrons. The summed E-state index contributed by atoms with van der Waals surface area (Å²) in [6.07, 6.45) is 12.0. The van der Waals surface area contributed by atoms with Crippen molar-refractivity contribution in [2.24, 2.45) is 0 Å². The van der Waals surface area contributed by atoms with Crippen molar-refractivity contribution in [1.82, 2.24) is 41.5 Å². The van der Waals surface area contributed by atoms with Crippen LogP contribution < -0.4 is 47.3 Å². The van der Waals surface area contributed by atoms with E-state index >= 15 is 0 Å². The molecule has 3 aromatic rings. The van der Waals surface area contributed by atoms with E-state index in [4.69, 9.17) is 30.5 Å². The number of hydrogen-bond donors (Lipinski definition) is 8. The van der Waals surface area contributed by atoms with Crippen LogP contribution in [0.15, 0.2) is 60.9 Å². The van der Waals surface area contributed by atoms with Crippen LogP contribution >= 0.6 is 23.4 Å². The standard InChI is InChI=1S/C51H73ClFN11O9S/c1-64(24-8-15-49(68)60-37-17-19-42(70-2)40(32-37)61-45-33-44(57-35-58-45)59-36-16-18-39(53)38(52)31-36)23-6-5-20-54-47(66)13-7-14-48(67)56-22-10-26-72-28-30-73-29-27-71-25-9-21-55-46(65)12-4-3-11-43-50-41(34-74-43)62-51(69)63-50/h8,15-19,31-33,35,41,43,50H,3-7,9-14,20-30,34H2,1-2H3,(H,54,66)(H,55,65)(H,56,67)(H,60,68)(H2,62,63,69)(H2,57,58,59,61)/t41-,43-,50-/m0/s1. The maximum atomic E-state index is 13.6. The molecular formula is C51H73ClFN11O9S. The van der Waals surface area contributed by atoms with Gasteiger partial charge in [-0.2, -0.15) is 11.8 Å². The second-order valence-electron chi connectivity index (χ2n) is 17.8. The lowest BCUT2D eigenvalue weighted by atomic mass is 10.0. The van der Waals surface area contributed by atoms with Crippen LogP contribution in [0.1, 0.15) is 70.6 Å². The predicted molar refractivity (Wildman–Crippen MR) is 286 cm³/mol. The number of thioether (sulfide) groups is 1. The topological polar surface area (TPSA) is 248 Å². The van der Waals surface area contributed by atoms with E-state index in [-0.39, 0.29) is 59.6 Å². The van der Waals surface area contributed by atoms with Gasteiger partial charge in [0.15, 0.2) is 0 Å². The van der Waals surface area contributed by atoms with Crippen molar-refractivity contribution in [3.05, 3.63) is 71.8 Å². The highest BCUT2D eigenvalue weighted by Crippen LogP contribution is 2.34. The lowest BCUT2D eigenvalue weighted by Crippen LogP contribution is -2.36. The summed E-state index contributed by atoms with van der Waals surface area (Å²) in [7, 11) is 3.49. The fourth-order valence-electron chi connectivity index (χ4n) is 7.88. The molecule has 406 valence electrons. The monoisotopic (exact) mass is 1070 g/mol. The largest absolute Gasteiger partial charge is 0.495 e. The van der Waals surface area contributed by atoms with E-state index in [1.165, 1.54) is 31.6 Å². The molecular weight excluding hydrogens is 997 g/mol. The van der Waals surface area contributed by atoms with Gasteiger partial charge in [0.05, 0.1) is 56.3 Å². The Bertz CT molecular complexity index is 2270. The van der Waals surface area contributed by atoms with Crippen LogP contribution in [0, 0.1) is 5.82 Å². The molecule has 2 saturated heterocycles. The van der Waals surface area contributed by atoms with E-state index in [1.54, 1.807) is 36.4 Å². The van der Waals surface area contributed by atoms with Gasteiger partial charge in [-0.15, -0.1) is 0 Å². The first-order valence-electron chi connectivity index (χ1n) is 25.3. The molecule has 20 nitrogen and oxygen atoms in total. The second kappa shape index (κ2) is 33.9. The van der Waals surface area contributed by atoms with Gasteiger partial charge in [-0.05, 0) is 94.9 Å². The van der Waals surface area contributed by atoms with Gasteiger partial charge in [-0.3, -0.25) is 19.2 Å². The lowest BCUT2D eigenvalue weighted by molar-refractivity contribution is -0.123. The highest BCUT2D eigenvalue weighted by atomic mass is 35.5. The number of amides is 6. The first kappa shape index (κ1) is 59.1. The summed E-state index contributed by atoms with van der Waals surface area (Å²) in [6, 6.07) is 11.5. The SMILES string of the molecule is COc1ccc(NC(=O)C=CCN(C)CCCCNC(=O)CCCC(=O)NCCCOCCOCCOCCCNC(=O)CCCC[C@@H]2SC[C@@H]3NC(=O)N[C@@H]32)cc1Nc1cc(Nc2ccc(F)c(Cl)c2)ncn1. The summed E-state index contributed by atoms with van der Waals surface area (Å²) in [4.78, 5) is 71.5. The Kier molecular flexibility index (Phi) is 27.1. The number of fused-ring (bicyclic) bond motifs is 1. The first-order valence-corrected chi connectivity index (χ1v) is 26.8. The molecule has 2 aliphatic heterocycles. The Labute approximate surface area is 442 Å². The Morgan fingerprint density at radius 2 is 1.41 bits per heavy atom. The Balaban J connectivity index is 0.771. The molecule has 8 N–H and O–H groups in total. The minimum atomic E-state index is -0.522. The Morgan fingerprint density at radius 1 is 0.770 bits per heavy atom. The fourth-order valence-corrected chi connectivity index (χ4v) is 9.61. The summed E-state index contributed by atoms with van der Waals surface area (Å²) in [5.74, 6) is 1.43. The first-order chi connectivity index (χ1) is 35.9. The average molecular weight is 1070 g/mol. The number of halogens is 2. The van der Waals surface area contributed by atoms with E-state index in [1.807, 2.05) is 18.8 Å². The van der Waals surface area contributed by atoms with Crippen molar-refractivity contribution in [2.45, 2.75) is 88.0 Å². The maximum Gasteiger partial charge on any atom is 0.315 e. The summed E-state index contributed by atoms with van der Waals surface area (Å²) in [5.41, 5.74) is 1.65. The second-order valence-corrected chi connectivity index (χ2v) is 19.4. The summed E-state index contributed by atoms with van der Waals surface area (Å²) in [5, 5.41) is 24.2. The summed E-state index contributed by atoms with van der Waals surface area (Å²) in [6.45, 7) is 5.80. The van der Waals surface area contributed by atoms with Crippen LogP contribution in [0.2, 0.25) is 5.02 Å². The summed E-state index contributed by atoms with van der Waals surface area (Å²) < 4.78 is 35.8. The molecule has 3 heterocycles. The molecule has 0 spiro atoms. The van der Waals surface area contributed by atoms with Crippen LogP contribution in [0.4, 0.5) is 37.9 Å². The zero-order valence-corrected chi connectivity index (χ0v) is 44.0. The van der Waals surface area contributed by atoms with E-state index in [9.17, 15) is 28.4 Å². The van der Waals surface area contributed by atoms with Crippen LogP contribution in [-0.2, 0) is 33.4 Å². The normalized spacial score (nSPS) is 15.9. The van der Waals surface area contributed by atoms with Gasteiger partial charge in [0.2, 0.25) is 23.6 Å². The number of carbonyl (C=O) groups is 5. The van der Waals surface area contributed by atoms with Gasteiger partial charge in [-0.1, -0.05) is 24.1 Å². The minimum absolute atomic E-state index is 0.0165. The number of benzene rings is 2. The quantitative estimate of drug-likeness (QED) is 0.0186. The molecule has 3 atom stereocenters. The maximum absolute atomic E-state index is 13.6. The third-order valence-electron chi connectivity index (χ3n) is 11.8. The number of urea groups is 1. The third kappa shape index (κ3) is 23.2. The van der Waals surface area contributed by atoms with Crippen molar-refractivity contribution in [2.75, 3.05) is 108 Å². The molecule has 2 aliphatic rings. The minimum Gasteiger partial charge on any atom is -0.495 e. The van der Waals surface area contributed by atoms with E-state index in [2.05, 4.69) is 57.4 Å². The number of hydrogen-bond acceptors (Lipinski definition) is 15. The number of aromatic nitrogens is 2. The molecule has 5 rings (SSSR count). The molecule has 0 unspecified atom stereocenters. The number of methoxy groups -OCH3 is 1. The number of likely N-dealkylation sites (N-methyl/N-ethyl adjacent to an activating group) is 1. The van der Waals surface area contributed by atoms with Crippen molar-refractivity contribution < 1.29 is 47.3 Å². The molecule has 0 aliphatic carbocycles. The number of ether oxygens (including phenoxy) is 4. The van der Waals surface area contributed by atoms with Gasteiger partial charge in [0, 0.05) is 93.2 Å². The van der Waals surface area contributed by atoms with Gasteiger partial charge in [0.25, 0.3) is 0 Å². The molecule has 6 amide bonds. The number of anilines is 5. The van der Waals surface area contributed by atoms with Crippen molar-refractivity contribution in [3.8, 4) is 5.75 Å². The highest BCUT2D eigenvalue weighted by Gasteiger charge is 2.42. The van der Waals surface area contributed by atoms with Crippen molar-refractivity contribution in [1.29, 1.82) is 0 Å². The molecule has 0 saturated carbocycles. The van der Waals surface area contributed by atoms with Crippen LogP contribution in [0.3, 0.4) is 0 Å². The number of unbranched alkanes of at least 4 members (excludes halogenated alkanes) is 2. The van der Waals surface area contributed by atoms with Crippen molar-refractivity contribution >= 4 is 81.7 Å². The zero-order chi connectivity index (χ0) is 52.8. The molecule has 74 heavy (non-hydrogen) atoms. The fraction of sp³-hybridized carbons (Fsp3) is 0.549. The molecule has 2 aromatic carbocycles. The molecule has 23 heteroatoms. The van der Waals surface area contributed by atoms with E-state index in [0.29, 0.717) is 125 Å². The van der Waals surface area contributed by atoms with Crippen LogP contribution in [0.5, 0.6) is 5.75 Å². The average Bonchev–Trinajstić information content (AvgIpc) is 3.94. The van der Waals surface area contributed by atoms with Gasteiger partial charge in [0.1, 0.15) is 29.5 Å². The lowest BCUT2D eigenvalue weighted by Gasteiger charge is -2.16. The summed E-state index contributed by atoms with van der Waals surface area (Å²) >= 11 is 7.80. The van der Waals surface area contributed by atoms with Crippen LogP contribution in [-0.4, -0.2) is 154 Å². The van der Waals surface area contributed by atoms with Gasteiger partial charge in [-0.25, -0.2) is 19.2 Å². The molecule has 1 aromatic heterocycles. The smallest absolute Gasteiger partial charge is 0.315 e. The van der Waals surface area contributed by atoms with Gasteiger partial charge < -0.3 is 66.4 Å². The van der Waals surface area contributed by atoms with Crippen LogP contribution in [0.25, 0.3) is 0 Å². The molecule has 0 bridgehead atoms. The molecule has 2 fully saturated rings. The van der Waals surface area contributed by atoms with E-state index in [0.717, 1.165) is 50.8 Å². The predicted octanol–water partition coefficient (Wildman–Crippen LogP) is 6.05. The Hall–Kier alpha value is -5.78. The van der Waals surface area contributed by atoms with E-state index < -0.39 is 5.82 Å². The Morgan fingerprint density at radius 3 is 2.08 bits per heavy atom. The van der Waals surface area contributed by atoms with Gasteiger partial charge >= 0.3 is 6.03 Å². The third-order valence-corrected chi connectivity index (χ3v) is 13.6. The number of carbonyl (C=O) groups excluding carboxylic acids is 5. The number of nitrogens with zero attached hydrogens (tertiary/aromatic N) is 3. The zero-order valence-electron chi connectivity index (χ0n) is 42.4. The van der Waals surface area contributed by atoms with Crippen molar-refractivity contribution in [3.63, 3.8) is 0 Å². The number of nitrogens with one attached hydrogen (secondary N) is 8.